The molecular weight excluding hydrogens is 384 g/mol. The monoisotopic (exact) mass is 402 g/mol. The number of aryl methyl sites for hydroxylation is 4. The summed E-state index contributed by atoms with van der Waals surface area (Å²) in [6.45, 7) is 4.27. The Hall–Kier alpha value is -3.68. The SMILES string of the molecule is Cc1nc(CCc2nc(C)nc3cc4c(cc23)OCO4)c2cc3c(cc2n1)OCO3. The van der Waals surface area contributed by atoms with Crippen LogP contribution in [0.4, 0.5) is 0 Å². The smallest absolute Gasteiger partial charge is 0.231 e. The Labute approximate surface area is 171 Å². The molecule has 0 saturated heterocycles. The number of rotatable bonds is 3. The van der Waals surface area contributed by atoms with Crippen molar-refractivity contribution in [1.82, 2.24) is 19.9 Å². The number of ether oxygens (including phenoxy) is 4. The summed E-state index contributed by atoms with van der Waals surface area (Å²) < 4.78 is 22.1. The van der Waals surface area contributed by atoms with Crippen LogP contribution in [0.2, 0.25) is 0 Å². The molecular formula is C22H18N4O4. The maximum atomic E-state index is 5.55. The highest BCUT2D eigenvalue weighted by atomic mass is 16.7. The minimum Gasteiger partial charge on any atom is -0.454 e. The summed E-state index contributed by atoms with van der Waals surface area (Å²) in [5.74, 6) is 4.35. The molecule has 2 aliphatic rings. The van der Waals surface area contributed by atoms with Crippen molar-refractivity contribution in [1.29, 1.82) is 0 Å². The largest absolute Gasteiger partial charge is 0.454 e. The second-order valence-corrected chi connectivity index (χ2v) is 7.38. The molecule has 4 heterocycles. The van der Waals surface area contributed by atoms with Gasteiger partial charge in [-0.1, -0.05) is 0 Å². The van der Waals surface area contributed by atoms with E-state index in [2.05, 4.69) is 9.97 Å². The molecule has 8 heteroatoms. The molecule has 0 saturated carbocycles. The Kier molecular flexibility index (Phi) is 3.68. The van der Waals surface area contributed by atoms with Gasteiger partial charge in [-0.05, 0) is 38.8 Å². The molecule has 0 radical (unpaired) electrons. The second kappa shape index (κ2) is 6.41. The van der Waals surface area contributed by atoms with Crippen LogP contribution in [0.1, 0.15) is 23.0 Å². The first-order valence-electron chi connectivity index (χ1n) is 9.78. The molecule has 0 amide bonds. The highest BCUT2D eigenvalue weighted by molar-refractivity contribution is 5.86. The van der Waals surface area contributed by atoms with E-state index in [1.807, 2.05) is 38.1 Å². The van der Waals surface area contributed by atoms with Gasteiger partial charge in [-0.25, -0.2) is 19.9 Å². The van der Waals surface area contributed by atoms with Crippen LogP contribution in [0, 0.1) is 13.8 Å². The predicted molar refractivity (Wildman–Crippen MR) is 108 cm³/mol. The van der Waals surface area contributed by atoms with Crippen LogP contribution in [-0.2, 0) is 12.8 Å². The molecule has 0 unspecified atom stereocenters. The average Bonchev–Trinajstić information content (AvgIpc) is 3.36. The van der Waals surface area contributed by atoms with E-state index in [1.54, 1.807) is 0 Å². The highest BCUT2D eigenvalue weighted by Crippen LogP contribution is 2.38. The van der Waals surface area contributed by atoms with Crippen molar-refractivity contribution in [3.63, 3.8) is 0 Å². The van der Waals surface area contributed by atoms with Crippen LogP contribution in [0.15, 0.2) is 24.3 Å². The maximum absolute atomic E-state index is 5.55. The van der Waals surface area contributed by atoms with Crippen molar-refractivity contribution in [3.8, 4) is 23.0 Å². The molecule has 4 aromatic rings. The third kappa shape index (κ3) is 2.75. The molecule has 0 atom stereocenters. The van der Waals surface area contributed by atoms with Gasteiger partial charge >= 0.3 is 0 Å². The van der Waals surface area contributed by atoms with Crippen LogP contribution in [0.3, 0.4) is 0 Å². The van der Waals surface area contributed by atoms with Gasteiger partial charge in [-0.2, -0.15) is 0 Å². The second-order valence-electron chi connectivity index (χ2n) is 7.38. The zero-order valence-electron chi connectivity index (χ0n) is 16.6. The van der Waals surface area contributed by atoms with Gasteiger partial charge in [-0.15, -0.1) is 0 Å². The van der Waals surface area contributed by atoms with Crippen molar-refractivity contribution < 1.29 is 18.9 Å². The molecule has 6 rings (SSSR count). The number of aromatic nitrogens is 4. The Morgan fingerprint density at radius 1 is 0.600 bits per heavy atom. The van der Waals surface area contributed by atoms with E-state index >= 15 is 0 Å². The molecule has 0 N–H and O–H groups in total. The first-order valence-corrected chi connectivity index (χ1v) is 9.78. The topological polar surface area (TPSA) is 88.5 Å². The van der Waals surface area contributed by atoms with E-state index in [0.29, 0.717) is 12.8 Å². The Bertz CT molecular complexity index is 1240. The summed E-state index contributed by atoms with van der Waals surface area (Å²) in [6, 6.07) is 7.77. The van der Waals surface area contributed by atoms with Crippen molar-refractivity contribution in [3.05, 3.63) is 47.3 Å². The van der Waals surface area contributed by atoms with Crippen LogP contribution in [-0.4, -0.2) is 33.5 Å². The summed E-state index contributed by atoms with van der Waals surface area (Å²) in [7, 11) is 0. The molecule has 8 nitrogen and oxygen atoms in total. The third-order valence-corrected chi connectivity index (χ3v) is 5.36. The van der Waals surface area contributed by atoms with Gasteiger partial charge in [0, 0.05) is 22.9 Å². The lowest BCUT2D eigenvalue weighted by molar-refractivity contribution is 0.173. The average molecular weight is 402 g/mol. The quantitative estimate of drug-likeness (QED) is 0.515. The van der Waals surface area contributed by atoms with Crippen molar-refractivity contribution in [2.45, 2.75) is 26.7 Å². The van der Waals surface area contributed by atoms with Crippen LogP contribution in [0.25, 0.3) is 21.8 Å². The lowest BCUT2D eigenvalue weighted by Gasteiger charge is -2.10. The zero-order valence-corrected chi connectivity index (χ0v) is 16.6. The van der Waals surface area contributed by atoms with Gasteiger partial charge in [0.2, 0.25) is 13.6 Å². The predicted octanol–water partition coefficient (Wildman–Crippen LogP) is 3.43. The molecule has 0 fully saturated rings. The minimum absolute atomic E-state index is 0.232. The van der Waals surface area contributed by atoms with Crippen LogP contribution in [0.5, 0.6) is 23.0 Å². The molecule has 0 bridgehead atoms. The normalized spacial score (nSPS) is 14.1. The van der Waals surface area contributed by atoms with Crippen molar-refractivity contribution in [2.24, 2.45) is 0 Å². The van der Waals surface area contributed by atoms with Gasteiger partial charge < -0.3 is 18.9 Å². The van der Waals surface area contributed by atoms with Gasteiger partial charge in [0.15, 0.2) is 23.0 Å². The lowest BCUT2D eigenvalue weighted by atomic mass is 10.0. The van der Waals surface area contributed by atoms with Gasteiger partial charge in [0.1, 0.15) is 11.6 Å². The highest BCUT2D eigenvalue weighted by Gasteiger charge is 2.19. The first kappa shape index (κ1) is 17.2. The van der Waals surface area contributed by atoms with E-state index in [4.69, 9.17) is 28.9 Å². The molecule has 0 aliphatic carbocycles. The van der Waals surface area contributed by atoms with Gasteiger partial charge in [0.05, 0.1) is 22.4 Å². The van der Waals surface area contributed by atoms with Crippen LogP contribution < -0.4 is 18.9 Å². The number of hydrogen-bond donors (Lipinski definition) is 0. The van der Waals surface area contributed by atoms with Crippen LogP contribution >= 0.6 is 0 Å². The fraction of sp³-hybridized carbons (Fsp3) is 0.273. The summed E-state index contributed by atoms with van der Waals surface area (Å²) in [5.41, 5.74) is 3.63. The lowest BCUT2D eigenvalue weighted by Crippen LogP contribution is -2.04. The summed E-state index contributed by atoms with van der Waals surface area (Å²) in [6.07, 6.45) is 1.42. The standard InChI is InChI=1S/C22H18N4O4/c1-11-23-15(13-5-19-21(29-9-27-19)7-17(13)25-11)3-4-16-14-6-20-22(30-10-28-20)8-18(14)26-12(2)24-16/h5-8H,3-4,9-10H2,1-2H3. The Balaban J connectivity index is 1.41. The zero-order chi connectivity index (χ0) is 20.2. The fourth-order valence-corrected chi connectivity index (χ4v) is 4.04. The summed E-state index contributed by atoms with van der Waals surface area (Å²) in [5, 5.41) is 1.94. The van der Waals surface area contributed by atoms with Crippen molar-refractivity contribution in [2.75, 3.05) is 13.6 Å². The molecule has 0 spiro atoms. The van der Waals surface area contributed by atoms with E-state index in [-0.39, 0.29) is 13.6 Å². The number of hydrogen-bond acceptors (Lipinski definition) is 8. The number of benzene rings is 2. The number of fused-ring (bicyclic) bond motifs is 4. The molecule has 2 aliphatic heterocycles. The maximum Gasteiger partial charge on any atom is 0.231 e. The fourth-order valence-electron chi connectivity index (χ4n) is 4.04. The number of nitrogens with zero attached hydrogens (tertiary/aromatic N) is 4. The van der Waals surface area contributed by atoms with Crippen molar-refractivity contribution >= 4 is 21.8 Å². The van der Waals surface area contributed by atoms with E-state index < -0.39 is 0 Å². The summed E-state index contributed by atoms with van der Waals surface area (Å²) >= 11 is 0. The van der Waals surface area contributed by atoms with Gasteiger partial charge in [-0.3, -0.25) is 0 Å². The molecule has 30 heavy (non-hydrogen) atoms. The molecule has 2 aromatic carbocycles. The Morgan fingerprint density at radius 2 is 1.00 bits per heavy atom. The van der Waals surface area contributed by atoms with E-state index in [0.717, 1.165) is 67.8 Å². The minimum atomic E-state index is 0.232. The third-order valence-electron chi connectivity index (χ3n) is 5.36. The molecule has 2 aromatic heterocycles. The molecule has 150 valence electrons. The Morgan fingerprint density at radius 3 is 1.43 bits per heavy atom. The van der Waals surface area contributed by atoms with E-state index in [1.165, 1.54) is 0 Å². The summed E-state index contributed by atoms with van der Waals surface area (Å²) in [4.78, 5) is 18.6. The van der Waals surface area contributed by atoms with E-state index in [9.17, 15) is 0 Å². The van der Waals surface area contributed by atoms with Gasteiger partial charge in [0.25, 0.3) is 0 Å². The first-order chi connectivity index (χ1) is 14.6.